The molecule has 0 saturated carbocycles. The van der Waals surface area contributed by atoms with E-state index in [0.29, 0.717) is 19.3 Å². The first-order valence-electron chi connectivity index (χ1n) is 34.7. The van der Waals surface area contributed by atoms with Gasteiger partial charge in [-0.1, -0.05) is 325 Å². The van der Waals surface area contributed by atoms with Gasteiger partial charge < -0.3 is 25.7 Å². The largest absolute Gasteiger partial charge is 0.394 e. The SMILES string of the molecule is CCCCCCCCCCCCC/C=C/CC/C=C/CC/C=C/CCCC(O)C(O)C(CO)NC(=O)C(O)CCCCCCCCCCCCCCCCCC/C=C\C/C=C\CCCCCCCCCCCCCCCCC. The fourth-order valence-corrected chi connectivity index (χ4v) is 10.8. The number of amides is 1. The summed E-state index contributed by atoms with van der Waals surface area (Å²) in [6.07, 6.45) is 87.8. The molecule has 4 atom stereocenters. The molecule has 0 saturated heterocycles. The zero-order valence-corrected chi connectivity index (χ0v) is 52.2. The van der Waals surface area contributed by atoms with Crippen molar-refractivity contribution in [2.24, 2.45) is 0 Å². The molecule has 0 aliphatic carbocycles. The summed E-state index contributed by atoms with van der Waals surface area (Å²) in [5.74, 6) is -0.596. The van der Waals surface area contributed by atoms with Crippen molar-refractivity contribution in [3.8, 4) is 0 Å². The Morgan fingerprint density at radius 3 is 0.885 bits per heavy atom. The van der Waals surface area contributed by atoms with Crippen LogP contribution in [0.15, 0.2) is 60.8 Å². The number of rotatable bonds is 64. The van der Waals surface area contributed by atoms with E-state index in [1.54, 1.807) is 0 Å². The number of carbonyl (C=O) groups is 1. The maximum absolute atomic E-state index is 12.6. The molecule has 0 bridgehead atoms. The Balaban J connectivity index is 3.60. The third kappa shape index (κ3) is 58.7. The summed E-state index contributed by atoms with van der Waals surface area (Å²) < 4.78 is 0. The van der Waals surface area contributed by atoms with Crippen LogP contribution in [0, 0.1) is 0 Å². The van der Waals surface area contributed by atoms with Crippen molar-refractivity contribution < 1.29 is 25.2 Å². The molecule has 78 heavy (non-hydrogen) atoms. The van der Waals surface area contributed by atoms with E-state index in [1.807, 2.05) is 0 Å². The Labute approximate surface area is 486 Å². The Bertz CT molecular complexity index is 1320. The predicted octanol–water partition coefficient (Wildman–Crippen LogP) is 21.4. The lowest BCUT2D eigenvalue weighted by atomic mass is 10.00. The zero-order chi connectivity index (χ0) is 56.6. The van der Waals surface area contributed by atoms with Crippen molar-refractivity contribution >= 4 is 5.91 Å². The van der Waals surface area contributed by atoms with Crippen molar-refractivity contribution in [2.45, 2.75) is 385 Å². The van der Waals surface area contributed by atoms with E-state index < -0.39 is 36.9 Å². The van der Waals surface area contributed by atoms with Gasteiger partial charge in [0.15, 0.2) is 0 Å². The van der Waals surface area contributed by atoms with Gasteiger partial charge in [0, 0.05) is 0 Å². The topological polar surface area (TPSA) is 110 Å². The molecule has 0 aromatic heterocycles. The molecule has 1 amide bonds. The van der Waals surface area contributed by atoms with Gasteiger partial charge in [-0.15, -0.1) is 0 Å². The number of carbonyl (C=O) groups excluding carboxylic acids is 1. The summed E-state index contributed by atoms with van der Waals surface area (Å²) in [7, 11) is 0. The standard InChI is InChI=1S/C72H135NO5/c1-3-5-7-9-11-13-15-17-19-21-23-25-27-29-30-31-32-33-34-35-36-37-38-39-40-41-42-44-46-48-50-52-54-56-58-60-62-64-66-70(76)72(78)73-68(67-74)71(77)69(75)65-63-61-59-57-55-53-51-49-47-45-43-28-26-24-22-20-18-16-14-12-10-8-6-4-2/h28,32-33,35-36,43,49,51,57,59,68-71,74-77H,3-27,29-31,34,37-42,44-48,50,52-56,58,60-67H2,1-2H3,(H,73,78)/b33-32-,36-35-,43-28+,51-49+,59-57+. The van der Waals surface area contributed by atoms with Gasteiger partial charge in [0.1, 0.15) is 12.2 Å². The second kappa shape index (κ2) is 65.8. The van der Waals surface area contributed by atoms with Crippen molar-refractivity contribution in [3.63, 3.8) is 0 Å². The van der Waals surface area contributed by atoms with E-state index in [1.165, 1.54) is 270 Å². The maximum Gasteiger partial charge on any atom is 0.249 e. The second-order valence-electron chi connectivity index (χ2n) is 23.8. The Hall–Kier alpha value is -1.99. The molecule has 0 aromatic carbocycles. The summed E-state index contributed by atoms with van der Waals surface area (Å²) in [4.78, 5) is 12.6. The number of nitrogens with one attached hydrogen (secondary N) is 1. The third-order valence-corrected chi connectivity index (χ3v) is 16.2. The van der Waals surface area contributed by atoms with Crippen LogP contribution in [-0.4, -0.2) is 57.3 Å². The van der Waals surface area contributed by atoms with Crippen LogP contribution in [0.25, 0.3) is 0 Å². The van der Waals surface area contributed by atoms with Crippen LogP contribution in [-0.2, 0) is 4.79 Å². The van der Waals surface area contributed by atoms with Crippen LogP contribution in [0.1, 0.15) is 361 Å². The third-order valence-electron chi connectivity index (χ3n) is 16.2. The summed E-state index contributed by atoms with van der Waals surface area (Å²) in [5.41, 5.74) is 0. The predicted molar refractivity (Wildman–Crippen MR) is 343 cm³/mol. The molecule has 0 aliphatic rings. The first kappa shape index (κ1) is 76.0. The average Bonchev–Trinajstić information content (AvgIpc) is 3.45. The normalized spacial score (nSPS) is 13.9. The number of aliphatic hydroxyl groups excluding tert-OH is 4. The van der Waals surface area contributed by atoms with Gasteiger partial charge in [0.25, 0.3) is 0 Å². The lowest BCUT2D eigenvalue weighted by Gasteiger charge is -2.27. The van der Waals surface area contributed by atoms with Crippen molar-refractivity contribution in [1.29, 1.82) is 0 Å². The number of hydrogen-bond donors (Lipinski definition) is 5. The molecule has 0 radical (unpaired) electrons. The molecular weight excluding hydrogens is 959 g/mol. The van der Waals surface area contributed by atoms with Crippen LogP contribution in [0.2, 0.25) is 0 Å². The van der Waals surface area contributed by atoms with Gasteiger partial charge in [0.05, 0.1) is 18.8 Å². The molecule has 0 fully saturated rings. The zero-order valence-electron chi connectivity index (χ0n) is 52.2. The molecule has 0 heterocycles. The summed E-state index contributed by atoms with van der Waals surface area (Å²) in [5, 5.41) is 44.1. The second-order valence-corrected chi connectivity index (χ2v) is 23.8. The summed E-state index contributed by atoms with van der Waals surface area (Å²) in [6.45, 7) is 4.08. The fourth-order valence-electron chi connectivity index (χ4n) is 10.8. The van der Waals surface area contributed by atoms with Crippen molar-refractivity contribution in [2.75, 3.05) is 6.61 Å². The maximum atomic E-state index is 12.6. The Kier molecular flexibility index (Phi) is 64.1. The highest BCUT2D eigenvalue weighted by Gasteiger charge is 2.28. The van der Waals surface area contributed by atoms with Crippen LogP contribution in [0.4, 0.5) is 0 Å². The molecule has 4 unspecified atom stereocenters. The fraction of sp³-hybridized carbons (Fsp3) is 0.847. The van der Waals surface area contributed by atoms with Gasteiger partial charge in [-0.05, 0) is 96.3 Å². The highest BCUT2D eigenvalue weighted by molar-refractivity contribution is 5.80. The molecule has 0 aromatic rings. The molecule has 6 nitrogen and oxygen atoms in total. The number of aliphatic hydroxyl groups is 4. The minimum absolute atomic E-state index is 0.358. The van der Waals surface area contributed by atoms with Crippen LogP contribution >= 0.6 is 0 Å². The first-order valence-corrected chi connectivity index (χ1v) is 34.7. The van der Waals surface area contributed by atoms with E-state index in [-0.39, 0.29) is 0 Å². The minimum atomic E-state index is -1.30. The lowest BCUT2D eigenvalue weighted by molar-refractivity contribution is -0.132. The Morgan fingerprint density at radius 1 is 0.321 bits per heavy atom. The van der Waals surface area contributed by atoms with E-state index in [0.717, 1.165) is 57.8 Å². The molecule has 0 aliphatic heterocycles. The minimum Gasteiger partial charge on any atom is -0.394 e. The number of allylic oxidation sites excluding steroid dienone is 10. The number of hydrogen-bond acceptors (Lipinski definition) is 5. The first-order chi connectivity index (χ1) is 38.5. The molecular formula is C72H135NO5. The molecule has 6 heteroatoms. The van der Waals surface area contributed by atoms with Gasteiger partial charge in [-0.2, -0.15) is 0 Å². The van der Waals surface area contributed by atoms with Crippen molar-refractivity contribution in [3.05, 3.63) is 60.8 Å². The molecule has 5 N–H and O–H groups in total. The van der Waals surface area contributed by atoms with Gasteiger partial charge >= 0.3 is 0 Å². The van der Waals surface area contributed by atoms with Crippen molar-refractivity contribution in [1.82, 2.24) is 5.32 Å². The summed E-state index contributed by atoms with van der Waals surface area (Å²) >= 11 is 0. The van der Waals surface area contributed by atoms with Gasteiger partial charge in [-0.25, -0.2) is 0 Å². The summed E-state index contributed by atoms with van der Waals surface area (Å²) in [6, 6.07) is -1.02. The van der Waals surface area contributed by atoms with E-state index in [4.69, 9.17) is 0 Å². The van der Waals surface area contributed by atoms with Crippen LogP contribution < -0.4 is 5.32 Å². The molecule has 0 rings (SSSR count). The Morgan fingerprint density at radius 2 is 0.577 bits per heavy atom. The van der Waals surface area contributed by atoms with Gasteiger partial charge in [0.2, 0.25) is 5.91 Å². The lowest BCUT2D eigenvalue weighted by Crippen LogP contribution is -2.53. The molecule has 0 spiro atoms. The monoisotopic (exact) mass is 1090 g/mol. The smallest absolute Gasteiger partial charge is 0.249 e. The molecule has 458 valence electrons. The quantitative estimate of drug-likeness (QED) is 0.0308. The van der Waals surface area contributed by atoms with E-state index >= 15 is 0 Å². The van der Waals surface area contributed by atoms with Crippen LogP contribution in [0.5, 0.6) is 0 Å². The van der Waals surface area contributed by atoms with E-state index in [9.17, 15) is 25.2 Å². The van der Waals surface area contributed by atoms with E-state index in [2.05, 4.69) is 79.9 Å². The van der Waals surface area contributed by atoms with Crippen LogP contribution in [0.3, 0.4) is 0 Å². The number of unbranched alkanes of at least 4 members (excludes halogenated alkanes) is 45. The van der Waals surface area contributed by atoms with Gasteiger partial charge in [-0.3, -0.25) is 4.79 Å². The highest BCUT2D eigenvalue weighted by Crippen LogP contribution is 2.18. The highest BCUT2D eigenvalue weighted by atomic mass is 16.3. The average molecular weight is 1090 g/mol.